The van der Waals surface area contributed by atoms with Crippen molar-refractivity contribution in [2.45, 2.75) is 0 Å². The Balaban J connectivity index is 1.19. The molecule has 0 unspecified atom stereocenters. The molecule has 0 spiro atoms. The molecule has 0 fully saturated rings. The van der Waals surface area contributed by atoms with Crippen LogP contribution in [-0.4, -0.2) is 4.57 Å². The zero-order valence-corrected chi connectivity index (χ0v) is 23.1. The maximum Gasteiger partial charge on any atom is 0.177 e. The van der Waals surface area contributed by atoms with E-state index in [0.29, 0.717) is 39.0 Å². The lowest BCUT2D eigenvalue weighted by atomic mass is 10.1. The molecule has 0 N–H and O–H groups in total. The van der Waals surface area contributed by atoms with Gasteiger partial charge < -0.3 is 18.5 Å². The molecule has 0 amide bonds. The third-order valence-electron chi connectivity index (χ3n) is 7.32. The number of nitrogens with zero attached hydrogens (tertiary/aromatic N) is 2. The quantitative estimate of drug-likeness (QED) is 0.203. The predicted octanol–water partition coefficient (Wildman–Crippen LogP) is 10.8. The number of benzene rings is 6. The molecule has 5 nitrogen and oxygen atoms in total. The van der Waals surface area contributed by atoms with Crippen molar-refractivity contribution >= 4 is 55.3 Å². The Morgan fingerprint density at radius 3 is 2.37 bits per heavy atom. The van der Waals surface area contributed by atoms with Gasteiger partial charge >= 0.3 is 0 Å². The van der Waals surface area contributed by atoms with Crippen LogP contribution in [0.4, 0.5) is 0 Å². The second-order valence-corrected chi connectivity index (χ2v) is 10.4. The molecule has 0 radical (unpaired) electrons. The van der Waals surface area contributed by atoms with Gasteiger partial charge in [-0.05, 0) is 54.6 Å². The summed E-state index contributed by atoms with van der Waals surface area (Å²) in [6.45, 7) is 0. The first-order chi connectivity index (χ1) is 22.8. The summed E-state index contributed by atoms with van der Waals surface area (Å²) in [4.78, 5) is 0. The van der Waals surface area contributed by atoms with Crippen molar-refractivity contribution in [3.63, 3.8) is 0 Å². The third-order valence-corrected chi connectivity index (χ3v) is 7.54. The lowest BCUT2D eigenvalue weighted by Crippen LogP contribution is -1.97. The van der Waals surface area contributed by atoms with E-state index in [1.54, 1.807) is 42.5 Å². The maximum atomic E-state index is 9.86. The van der Waals surface area contributed by atoms with E-state index in [4.69, 9.17) is 31.0 Å². The van der Waals surface area contributed by atoms with Crippen molar-refractivity contribution in [2.24, 2.45) is 0 Å². The number of fused-ring (bicyclic) bond motifs is 6. The minimum atomic E-state index is -0.367. The van der Waals surface area contributed by atoms with E-state index in [1.165, 1.54) is 0 Å². The summed E-state index contributed by atoms with van der Waals surface area (Å²) in [5.74, 6) is 1.64. The van der Waals surface area contributed by atoms with Gasteiger partial charge in [-0.1, -0.05) is 72.2 Å². The molecule has 0 atom stereocenters. The molecular formula is C37H21ClN2O3. The number of ether oxygens (including phenoxy) is 2. The highest BCUT2D eigenvalue weighted by molar-refractivity contribution is 6.30. The zero-order chi connectivity index (χ0) is 32.4. The molecule has 0 bridgehead atoms. The van der Waals surface area contributed by atoms with Crippen molar-refractivity contribution in [1.82, 2.24) is 4.57 Å². The van der Waals surface area contributed by atoms with E-state index >= 15 is 0 Å². The molecule has 43 heavy (non-hydrogen) atoms. The van der Waals surface area contributed by atoms with Gasteiger partial charge in [-0.15, -0.1) is 0 Å². The third kappa shape index (κ3) is 4.25. The van der Waals surface area contributed by atoms with E-state index in [1.807, 2.05) is 54.6 Å². The summed E-state index contributed by atoms with van der Waals surface area (Å²) < 4.78 is 53.4. The van der Waals surface area contributed by atoms with Crippen molar-refractivity contribution in [3.05, 3.63) is 138 Å². The molecule has 0 saturated heterocycles. The molecule has 204 valence electrons. The van der Waals surface area contributed by atoms with E-state index in [-0.39, 0.29) is 40.7 Å². The first kappa shape index (κ1) is 21.1. The van der Waals surface area contributed by atoms with Gasteiger partial charge in [-0.2, -0.15) is 5.26 Å². The summed E-state index contributed by atoms with van der Waals surface area (Å²) in [5.41, 5.74) is 3.50. The molecule has 0 saturated carbocycles. The van der Waals surface area contributed by atoms with Gasteiger partial charge in [0.2, 0.25) is 0 Å². The van der Waals surface area contributed by atoms with E-state index in [9.17, 15) is 5.26 Å². The fourth-order valence-electron chi connectivity index (χ4n) is 5.52. The molecule has 2 heterocycles. The van der Waals surface area contributed by atoms with Crippen LogP contribution in [0.25, 0.3) is 49.4 Å². The van der Waals surface area contributed by atoms with Crippen molar-refractivity contribution in [3.8, 4) is 34.8 Å². The summed E-state index contributed by atoms with van der Waals surface area (Å²) >= 11 is 6.52. The number of hydrogen-bond donors (Lipinski definition) is 0. The first-order valence-corrected chi connectivity index (χ1v) is 13.8. The fourth-order valence-corrected chi connectivity index (χ4v) is 5.74. The van der Waals surface area contributed by atoms with Crippen molar-refractivity contribution in [1.29, 1.82) is 5.26 Å². The topological polar surface area (TPSA) is 60.3 Å². The Hall–Kier alpha value is -5.70. The normalized spacial score (nSPS) is 12.7. The predicted molar refractivity (Wildman–Crippen MR) is 171 cm³/mol. The highest BCUT2D eigenvalue weighted by Gasteiger charge is 2.16. The van der Waals surface area contributed by atoms with Crippen LogP contribution in [0.5, 0.6) is 23.0 Å². The van der Waals surface area contributed by atoms with Crippen LogP contribution in [-0.2, 0) is 0 Å². The minimum Gasteiger partial charge on any atom is -0.457 e. The van der Waals surface area contributed by atoms with Crippen LogP contribution in [0.1, 0.15) is 11.0 Å². The van der Waals surface area contributed by atoms with Crippen LogP contribution in [0.3, 0.4) is 0 Å². The van der Waals surface area contributed by atoms with Crippen LogP contribution < -0.4 is 9.47 Å². The highest BCUT2D eigenvalue weighted by Crippen LogP contribution is 2.40. The summed E-state index contributed by atoms with van der Waals surface area (Å²) in [6.07, 6.45) is 0. The lowest BCUT2D eigenvalue weighted by Gasteiger charge is -2.12. The number of para-hydroxylation sites is 4. The maximum absolute atomic E-state index is 9.86. The van der Waals surface area contributed by atoms with Crippen molar-refractivity contribution in [2.75, 3.05) is 0 Å². The summed E-state index contributed by atoms with van der Waals surface area (Å²) in [5, 5.41) is 13.1. The number of furan rings is 1. The Kier molecular flexibility index (Phi) is 4.89. The number of halogens is 1. The van der Waals surface area contributed by atoms with Crippen molar-refractivity contribution < 1.29 is 19.4 Å². The first-order valence-electron chi connectivity index (χ1n) is 15.4. The van der Waals surface area contributed by atoms with Gasteiger partial charge in [0.15, 0.2) is 11.3 Å². The number of aromatic nitrogens is 1. The van der Waals surface area contributed by atoms with Crippen LogP contribution >= 0.6 is 11.6 Å². The SMILES string of the molecule is [2H]c1c([2H])c([2H])c2c(oc3c(Oc4cc(Cl)cc(Oc5ccc6c7ccccc7n(-c7ccccc7C#N)c6c5)c4)cccc32)c1[2H]. The van der Waals surface area contributed by atoms with Gasteiger partial charge in [-0.25, -0.2) is 0 Å². The molecule has 0 aliphatic carbocycles. The molecule has 8 rings (SSSR count). The second kappa shape index (κ2) is 9.99. The monoisotopic (exact) mass is 580 g/mol. The van der Waals surface area contributed by atoms with Crippen LogP contribution in [0.15, 0.2) is 132 Å². The fraction of sp³-hybridized carbons (Fsp3) is 0. The Bertz CT molecular complexity index is 2620. The molecule has 8 aromatic rings. The Morgan fingerprint density at radius 2 is 1.47 bits per heavy atom. The summed E-state index contributed by atoms with van der Waals surface area (Å²) in [6, 6.07) is 32.6. The number of hydrogen-bond acceptors (Lipinski definition) is 4. The Morgan fingerprint density at radius 1 is 0.698 bits per heavy atom. The van der Waals surface area contributed by atoms with E-state index < -0.39 is 0 Å². The average Bonchev–Trinajstić information content (AvgIpc) is 3.63. The minimum absolute atomic E-state index is 0.0577. The highest BCUT2D eigenvalue weighted by atomic mass is 35.5. The van der Waals surface area contributed by atoms with Gasteiger partial charge in [0, 0.05) is 38.7 Å². The molecule has 2 aromatic heterocycles. The largest absolute Gasteiger partial charge is 0.457 e. The van der Waals surface area contributed by atoms with Crippen LogP contribution in [0.2, 0.25) is 5.02 Å². The number of nitriles is 1. The molecular weight excluding hydrogens is 556 g/mol. The average molecular weight is 581 g/mol. The van der Waals surface area contributed by atoms with E-state index in [2.05, 4.69) is 16.7 Å². The second-order valence-electron chi connectivity index (χ2n) is 9.93. The smallest absolute Gasteiger partial charge is 0.177 e. The zero-order valence-electron chi connectivity index (χ0n) is 26.3. The van der Waals surface area contributed by atoms with Gasteiger partial charge in [0.1, 0.15) is 28.9 Å². The van der Waals surface area contributed by atoms with E-state index in [0.717, 1.165) is 27.5 Å². The standard InChI is InChI=1S/C37H21ClN2O3/c38-24-18-26(20-27(19-24)42-36-15-7-11-31-30-10-3-6-14-35(30)43-37(31)36)41-25-16-17-29-28-9-2-5-13-33(28)40(34(29)21-25)32-12-4-1-8-23(32)22-39/h1-21H/i3D,6D,10D,14D. The molecule has 6 heteroatoms. The van der Waals surface area contributed by atoms with Gasteiger partial charge in [0.25, 0.3) is 0 Å². The molecule has 0 aliphatic rings. The van der Waals surface area contributed by atoms with Gasteiger partial charge in [-0.3, -0.25) is 0 Å². The molecule has 0 aliphatic heterocycles. The van der Waals surface area contributed by atoms with Gasteiger partial charge in [0.05, 0.1) is 27.8 Å². The molecule has 6 aromatic carbocycles. The van der Waals surface area contributed by atoms with Crippen LogP contribution in [0, 0.1) is 11.3 Å². The number of rotatable bonds is 5. The lowest BCUT2D eigenvalue weighted by molar-refractivity contribution is 0.458. The summed E-state index contributed by atoms with van der Waals surface area (Å²) in [7, 11) is 0. The Labute approximate surface area is 256 Å².